The van der Waals surface area contributed by atoms with E-state index in [2.05, 4.69) is 5.10 Å². The molecule has 0 spiro atoms. The van der Waals surface area contributed by atoms with Gasteiger partial charge in [0.25, 0.3) is 0 Å². The zero-order valence-corrected chi connectivity index (χ0v) is 7.77. The Morgan fingerprint density at radius 2 is 2.38 bits per heavy atom. The van der Waals surface area contributed by atoms with Crippen LogP contribution in [0.25, 0.3) is 0 Å². The molecule has 1 aliphatic carbocycles. The Morgan fingerprint density at radius 1 is 1.62 bits per heavy atom. The molecule has 0 amide bonds. The van der Waals surface area contributed by atoms with Crippen molar-refractivity contribution in [2.24, 2.45) is 0 Å². The van der Waals surface area contributed by atoms with Crippen molar-refractivity contribution in [1.82, 2.24) is 9.78 Å². The minimum absolute atomic E-state index is 0.136. The van der Waals surface area contributed by atoms with Crippen molar-refractivity contribution < 1.29 is 5.11 Å². The van der Waals surface area contributed by atoms with E-state index < -0.39 is 0 Å². The van der Waals surface area contributed by atoms with Gasteiger partial charge in [-0.2, -0.15) is 5.10 Å². The van der Waals surface area contributed by atoms with Gasteiger partial charge in [-0.15, -0.1) is 0 Å². The quantitative estimate of drug-likeness (QED) is 0.675. The highest BCUT2D eigenvalue weighted by atomic mass is 16.3. The Balaban J connectivity index is 2.29. The van der Waals surface area contributed by atoms with E-state index in [1.54, 1.807) is 6.20 Å². The van der Waals surface area contributed by atoms with Crippen LogP contribution in [0.1, 0.15) is 31.0 Å². The second-order valence-corrected chi connectivity index (χ2v) is 3.70. The molecule has 1 aliphatic rings. The summed E-state index contributed by atoms with van der Waals surface area (Å²) in [6.07, 6.45) is 4.36. The van der Waals surface area contributed by atoms with Crippen LogP contribution in [0.5, 0.6) is 0 Å². The van der Waals surface area contributed by atoms with Gasteiger partial charge >= 0.3 is 0 Å². The second-order valence-electron chi connectivity index (χ2n) is 3.70. The Kier molecular flexibility index (Phi) is 2.00. The average molecular weight is 181 g/mol. The molecule has 13 heavy (non-hydrogen) atoms. The van der Waals surface area contributed by atoms with Crippen LogP contribution in [0, 0.1) is 6.92 Å². The molecule has 1 fully saturated rings. The number of aliphatic hydroxyl groups is 1. The smallest absolute Gasteiger partial charge is 0.0782 e. The first-order valence-electron chi connectivity index (χ1n) is 4.68. The third-order valence-electron chi connectivity index (χ3n) is 2.84. The molecule has 1 saturated carbocycles. The average Bonchev–Trinajstić information content (AvgIpc) is 2.62. The van der Waals surface area contributed by atoms with Crippen molar-refractivity contribution in [3.8, 4) is 0 Å². The molecular formula is C9H15N3O. The molecule has 1 aromatic heterocycles. The minimum atomic E-state index is -0.252. The summed E-state index contributed by atoms with van der Waals surface area (Å²) in [5, 5.41) is 13.9. The predicted molar refractivity (Wildman–Crippen MR) is 50.3 cm³/mol. The molecule has 0 saturated heterocycles. The highest BCUT2D eigenvalue weighted by molar-refractivity contribution is 5.40. The van der Waals surface area contributed by atoms with E-state index in [0.29, 0.717) is 5.69 Å². The molecule has 4 heteroatoms. The summed E-state index contributed by atoms with van der Waals surface area (Å²) in [6, 6.07) is 0.136. The molecular weight excluding hydrogens is 166 g/mol. The molecule has 1 aromatic rings. The Hall–Kier alpha value is -1.03. The SMILES string of the molecule is Cc1c(N)cnn1[C@@H]1CCC[C@H]1O. The minimum Gasteiger partial charge on any atom is -0.396 e. The Bertz CT molecular complexity index is 308. The first-order valence-corrected chi connectivity index (χ1v) is 4.68. The fourth-order valence-electron chi connectivity index (χ4n) is 1.98. The van der Waals surface area contributed by atoms with Gasteiger partial charge in [0.05, 0.1) is 29.7 Å². The molecule has 0 aromatic carbocycles. The summed E-state index contributed by atoms with van der Waals surface area (Å²) in [6.45, 7) is 1.94. The van der Waals surface area contributed by atoms with Crippen LogP contribution in [0.3, 0.4) is 0 Å². The lowest BCUT2D eigenvalue weighted by Crippen LogP contribution is -2.20. The predicted octanol–water partition coefficient (Wildman–Crippen LogP) is 0.860. The van der Waals surface area contributed by atoms with E-state index in [9.17, 15) is 5.11 Å². The highest BCUT2D eigenvalue weighted by Crippen LogP contribution is 2.31. The van der Waals surface area contributed by atoms with Crippen molar-refractivity contribution in [3.05, 3.63) is 11.9 Å². The first-order chi connectivity index (χ1) is 6.20. The second kappa shape index (κ2) is 3.03. The van der Waals surface area contributed by atoms with E-state index in [1.807, 2.05) is 11.6 Å². The molecule has 0 unspecified atom stereocenters. The molecule has 2 atom stereocenters. The maximum Gasteiger partial charge on any atom is 0.0782 e. The Labute approximate surface area is 77.4 Å². The van der Waals surface area contributed by atoms with Crippen molar-refractivity contribution in [3.63, 3.8) is 0 Å². The lowest BCUT2D eigenvalue weighted by atomic mass is 10.2. The Morgan fingerprint density at radius 3 is 2.85 bits per heavy atom. The van der Waals surface area contributed by atoms with Gasteiger partial charge in [0.1, 0.15) is 0 Å². The van der Waals surface area contributed by atoms with Gasteiger partial charge in [-0.3, -0.25) is 4.68 Å². The number of nitrogens with zero attached hydrogens (tertiary/aromatic N) is 2. The maximum absolute atomic E-state index is 9.67. The van der Waals surface area contributed by atoms with E-state index in [-0.39, 0.29) is 12.1 Å². The standard InChI is InChI=1S/C9H15N3O/c1-6-7(10)5-11-12(6)8-3-2-4-9(8)13/h5,8-9,13H,2-4,10H2,1H3/t8-,9-/m1/s1. The van der Waals surface area contributed by atoms with Crippen LogP contribution in [0.15, 0.2) is 6.20 Å². The highest BCUT2D eigenvalue weighted by Gasteiger charge is 2.28. The van der Waals surface area contributed by atoms with Crippen LogP contribution < -0.4 is 5.73 Å². The van der Waals surface area contributed by atoms with Crippen LogP contribution in [0.4, 0.5) is 5.69 Å². The fraction of sp³-hybridized carbons (Fsp3) is 0.667. The van der Waals surface area contributed by atoms with Crippen molar-refractivity contribution in [2.75, 3.05) is 5.73 Å². The number of anilines is 1. The van der Waals surface area contributed by atoms with E-state index in [0.717, 1.165) is 25.0 Å². The van der Waals surface area contributed by atoms with Crippen LogP contribution in [-0.2, 0) is 0 Å². The molecule has 4 nitrogen and oxygen atoms in total. The molecule has 72 valence electrons. The molecule has 0 bridgehead atoms. The van der Waals surface area contributed by atoms with E-state index in [1.165, 1.54) is 0 Å². The fourth-order valence-corrected chi connectivity index (χ4v) is 1.98. The third kappa shape index (κ3) is 1.31. The molecule has 2 rings (SSSR count). The van der Waals surface area contributed by atoms with Gasteiger partial charge in [-0.1, -0.05) is 0 Å². The summed E-state index contributed by atoms with van der Waals surface area (Å²) in [4.78, 5) is 0. The summed E-state index contributed by atoms with van der Waals surface area (Å²) in [7, 11) is 0. The van der Waals surface area contributed by atoms with Gasteiger partial charge in [0, 0.05) is 0 Å². The van der Waals surface area contributed by atoms with Gasteiger partial charge in [0.15, 0.2) is 0 Å². The van der Waals surface area contributed by atoms with Gasteiger partial charge in [-0.05, 0) is 26.2 Å². The summed E-state index contributed by atoms with van der Waals surface area (Å²) in [5.41, 5.74) is 7.36. The van der Waals surface area contributed by atoms with Crippen LogP contribution >= 0.6 is 0 Å². The van der Waals surface area contributed by atoms with Crippen molar-refractivity contribution in [1.29, 1.82) is 0 Å². The van der Waals surface area contributed by atoms with Gasteiger partial charge in [0.2, 0.25) is 0 Å². The van der Waals surface area contributed by atoms with E-state index >= 15 is 0 Å². The topological polar surface area (TPSA) is 64.1 Å². The normalized spacial score (nSPS) is 28.2. The number of rotatable bonds is 1. The van der Waals surface area contributed by atoms with Crippen molar-refractivity contribution >= 4 is 5.69 Å². The number of nitrogen functional groups attached to an aromatic ring is 1. The molecule has 0 aliphatic heterocycles. The maximum atomic E-state index is 9.67. The summed E-state index contributed by atoms with van der Waals surface area (Å²) >= 11 is 0. The number of aromatic nitrogens is 2. The lowest BCUT2D eigenvalue weighted by molar-refractivity contribution is 0.129. The zero-order valence-electron chi connectivity index (χ0n) is 7.77. The molecule has 1 heterocycles. The van der Waals surface area contributed by atoms with Gasteiger partial charge < -0.3 is 10.8 Å². The van der Waals surface area contributed by atoms with Gasteiger partial charge in [-0.25, -0.2) is 0 Å². The third-order valence-corrected chi connectivity index (χ3v) is 2.84. The van der Waals surface area contributed by atoms with Crippen LogP contribution in [-0.4, -0.2) is 21.0 Å². The van der Waals surface area contributed by atoms with Crippen LogP contribution in [0.2, 0.25) is 0 Å². The largest absolute Gasteiger partial charge is 0.396 e. The number of hydrogen-bond acceptors (Lipinski definition) is 3. The summed E-state index contributed by atoms with van der Waals surface area (Å²) < 4.78 is 1.85. The lowest BCUT2D eigenvalue weighted by Gasteiger charge is -2.16. The monoisotopic (exact) mass is 181 g/mol. The summed E-state index contributed by atoms with van der Waals surface area (Å²) in [5.74, 6) is 0. The number of nitrogens with two attached hydrogens (primary N) is 1. The van der Waals surface area contributed by atoms with E-state index in [4.69, 9.17) is 5.73 Å². The first kappa shape index (κ1) is 8.56. The van der Waals surface area contributed by atoms with Crippen molar-refractivity contribution in [2.45, 2.75) is 38.3 Å². The molecule has 3 N–H and O–H groups in total. The zero-order chi connectivity index (χ0) is 9.42. The number of hydrogen-bond donors (Lipinski definition) is 2. The molecule has 0 radical (unpaired) electrons. The number of aliphatic hydroxyl groups excluding tert-OH is 1.